The SMILES string of the molecule is c1cnc2c(-c3cnc4c(-c5ccc6c(c5)sc5ccccc56)nc(-c5ccc6c(c5)oc5ccccc56)cn34)cccc2c1. The quantitative estimate of drug-likeness (QED) is 0.204. The standard InChI is InChI=1S/C39H22N4OS/c1-3-12-33-26(9-1)27-16-14-24(19-34(27)44-33)31-22-43-32(30-11-5-7-23-8-6-18-40-37(23)30)21-41-39(43)38(42-31)25-15-17-29-28-10-2-4-13-35(28)45-36(29)20-25/h1-22H. The van der Waals surface area contributed by atoms with Gasteiger partial charge in [-0.15, -0.1) is 11.3 Å². The van der Waals surface area contributed by atoms with Crippen molar-refractivity contribution in [1.82, 2.24) is 19.4 Å². The molecular formula is C39H22N4OS. The van der Waals surface area contributed by atoms with Gasteiger partial charge < -0.3 is 4.42 Å². The summed E-state index contributed by atoms with van der Waals surface area (Å²) in [6.07, 6.45) is 5.87. The van der Waals surface area contributed by atoms with Crippen molar-refractivity contribution in [2.45, 2.75) is 0 Å². The van der Waals surface area contributed by atoms with Crippen molar-refractivity contribution in [3.8, 4) is 33.8 Å². The number of hydrogen-bond donors (Lipinski definition) is 0. The van der Waals surface area contributed by atoms with Crippen LogP contribution in [0.1, 0.15) is 0 Å². The first-order valence-electron chi connectivity index (χ1n) is 14.8. The first-order chi connectivity index (χ1) is 22.3. The van der Waals surface area contributed by atoms with Gasteiger partial charge in [-0.05, 0) is 36.4 Å². The predicted octanol–water partition coefficient (Wildman–Crippen LogP) is 10.5. The van der Waals surface area contributed by atoms with E-state index in [2.05, 4.69) is 102 Å². The number of rotatable bonds is 3. The zero-order valence-electron chi connectivity index (χ0n) is 23.8. The Morgan fingerprint density at radius 2 is 1.42 bits per heavy atom. The second-order valence-corrected chi connectivity index (χ2v) is 12.4. The minimum Gasteiger partial charge on any atom is -0.456 e. The molecule has 10 rings (SSSR count). The number of fused-ring (bicyclic) bond motifs is 8. The zero-order valence-corrected chi connectivity index (χ0v) is 24.6. The van der Waals surface area contributed by atoms with Gasteiger partial charge in [0, 0.05) is 65.4 Å². The van der Waals surface area contributed by atoms with Crippen molar-refractivity contribution in [2.24, 2.45) is 0 Å². The maximum absolute atomic E-state index is 6.27. The smallest absolute Gasteiger partial charge is 0.164 e. The summed E-state index contributed by atoms with van der Waals surface area (Å²) in [5.74, 6) is 0. The van der Waals surface area contributed by atoms with Crippen LogP contribution in [0.2, 0.25) is 0 Å². The van der Waals surface area contributed by atoms with Gasteiger partial charge in [-0.2, -0.15) is 0 Å². The van der Waals surface area contributed by atoms with Gasteiger partial charge in [-0.25, -0.2) is 9.97 Å². The van der Waals surface area contributed by atoms with E-state index in [4.69, 9.17) is 19.4 Å². The van der Waals surface area contributed by atoms with Gasteiger partial charge in [-0.1, -0.05) is 78.9 Å². The van der Waals surface area contributed by atoms with Crippen LogP contribution in [0.4, 0.5) is 0 Å². The van der Waals surface area contributed by atoms with Crippen LogP contribution in [0.25, 0.3) is 92.4 Å². The van der Waals surface area contributed by atoms with Gasteiger partial charge in [-0.3, -0.25) is 9.38 Å². The molecule has 5 aromatic carbocycles. The number of hydrogen-bond acceptors (Lipinski definition) is 5. The number of pyridine rings is 1. The first-order valence-corrected chi connectivity index (χ1v) is 15.7. The van der Waals surface area contributed by atoms with Gasteiger partial charge in [0.05, 0.1) is 23.1 Å². The summed E-state index contributed by atoms with van der Waals surface area (Å²) in [5, 5.41) is 5.83. The van der Waals surface area contributed by atoms with E-state index in [1.165, 1.54) is 20.2 Å². The highest BCUT2D eigenvalue weighted by Gasteiger charge is 2.19. The summed E-state index contributed by atoms with van der Waals surface area (Å²) in [5.41, 5.74) is 9.12. The minimum absolute atomic E-state index is 0.798. The molecule has 6 heteroatoms. The van der Waals surface area contributed by atoms with E-state index in [-0.39, 0.29) is 0 Å². The van der Waals surface area contributed by atoms with Crippen molar-refractivity contribution in [3.05, 3.63) is 134 Å². The van der Waals surface area contributed by atoms with Gasteiger partial charge in [0.1, 0.15) is 16.9 Å². The lowest BCUT2D eigenvalue weighted by molar-refractivity contribution is 0.669. The summed E-state index contributed by atoms with van der Waals surface area (Å²) in [6.45, 7) is 0. The summed E-state index contributed by atoms with van der Waals surface area (Å²) >= 11 is 1.81. The Balaban J connectivity index is 1.24. The molecule has 0 aliphatic heterocycles. The van der Waals surface area contributed by atoms with Crippen molar-refractivity contribution < 1.29 is 4.42 Å². The van der Waals surface area contributed by atoms with Crippen LogP contribution in [0.5, 0.6) is 0 Å². The van der Waals surface area contributed by atoms with Crippen molar-refractivity contribution >= 4 is 70.0 Å². The molecule has 5 nitrogen and oxygen atoms in total. The molecule has 0 saturated heterocycles. The molecule has 0 amide bonds. The molecule has 210 valence electrons. The van der Waals surface area contributed by atoms with Crippen LogP contribution in [0.3, 0.4) is 0 Å². The number of aromatic nitrogens is 4. The van der Waals surface area contributed by atoms with Crippen LogP contribution in [0, 0.1) is 0 Å². The van der Waals surface area contributed by atoms with E-state index in [1.54, 1.807) is 0 Å². The first kappa shape index (κ1) is 24.6. The molecular weight excluding hydrogens is 573 g/mol. The van der Waals surface area contributed by atoms with Crippen molar-refractivity contribution in [3.63, 3.8) is 0 Å². The van der Waals surface area contributed by atoms with E-state index < -0.39 is 0 Å². The number of furan rings is 1. The molecule has 5 aromatic heterocycles. The fraction of sp³-hybridized carbons (Fsp3) is 0. The predicted molar refractivity (Wildman–Crippen MR) is 185 cm³/mol. The molecule has 0 radical (unpaired) electrons. The highest BCUT2D eigenvalue weighted by molar-refractivity contribution is 7.25. The summed E-state index contributed by atoms with van der Waals surface area (Å²) < 4.78 is 10.9. The van der Waals surface area contributed by atoms with E-state index in [9.17, 15) is 0 Å². The monoisotopic (exact) mass is 594 g/mol. The molecule has 0 saturated carbocycles. The Labute approximate surface area is 260 Å². The highest BCUT2D eigenvalue weighted by atomic mass is 32.1. The Morgan fingerprint density at radius 3 is 2.40 bits per heavy atom. The number of thiophene rings is 1. The second-order valence-electron chi connectivity index (χ2n) is 11.3. The molecule has 0 atom stereocenters. The lowest BCUT2D eigenvalue weighted by Crippen LogP contribution is -1.98. The summed E-state index contributed by atoms with van der Waals surface area (Å²) in [6, 6.07) is 40.1. The van der Waals surface area contributed by atoms with Gasteiger partial charge >= 0.3 is 0 Å². The molecule has 10 aromatic rings. The maximum atomic E-state index is 6.27. The van der Waals surface area contributed by atoms with Crippen LogP contribution in [-0.2, 0) is 0 Å². The van der Waals surface area contributed by atoms with E-state index in [0.29, 0.717) is 0 Å². The Kier molecular flexibility index (Phi) is 5.09. The van der Waals surface area contributed by atoms with Crippen LogP contribution in [0.15, 0.2) is 138 Å². The third-order valence-electron chi connectivity index (χ3n) is 8.73. The minimum atomic E-state index is 0.798. The van der Waals surface area contributed by atoms with Gasteiger partial charge in [0.15, 0.2) is 5.65 Å². The third kappa shape index (κ3) is 3.70. The molecule has 45 heavy (non-hydrogen) atoms. The molecule has 0 aliphatic carbocycles. The molecule has 0 aliphatic rings. The Morgan fingerprint density at radius 1 is 0.622 bits per heavy atom. The van der Waals surface area contributed by atoms with Crippen molar-refractivity contribution in [1.29, 1.82) is 0 Å². The number of imidazole rings is 1. The van der Waals surface area contributed by atoms with E-state index in [0.717, 1.165) is 72.3 Å². The molecule has 0 spiro atoms. The molecule has 0 fully saturated rings. The Bertz CT molecular complexity index is 2780. The fourth-order valence-corrected chi connectivity index (χ4v) is 7.74. The normalized spacial score (nSPS) is 12.0. The average molecular weight is 595 g/mol. The second kappa shape index (κ2) is 9.32. The van der Waals surface area contributed by atoms with E-state index >= 15 is 0 Å². The molecule has 0 N–H and O–H groups in total. The topological polar surface area (TPSA) is 56.2 Å². The maximum Gasteiger partial charge on any atom is 0.164 e. The molecule has 0 bridgehead atoms. The zero-order chi connectivity index (χ0) is 29.5. The van der Waals surface area contributed by atoms with Crippen LogP contribution in [-0.4, -0.2) is 19.4 Å². The van der Waals surface area contributed by atoms with Gasteiger partial charge in [0.2, 0.25) is 0 Å². The summed E-state index contributed by atoms with van der Waals surface area (Å²) in [7, 11) is 0. The number of nitrogens with zero attached hydrogens (tertiary/aromatic N) is 4. The summed E-state index contributed by atoms with van der Waals surface area (Å²) in [4.78, 5) is 15.0. The average Bonchev–Trinajstić information content (AvgIpc) is 3.80. The molecule has 5 heterocycles. The lowest BCUT2D eigenvalue weighted by Gasteiger charge is -2.11. The largest absolute Gasteiger partial charge is 0.456 e. The van der Waals surface area contributed by atoms with Crippen LogP contribution < -0.4 is 0 Å². The number of benzene rings is 5. The van der Waals surface area contributed by atoms with Crippen molar-refractivity contribution in [2.75, 3.05) is 0 Å². The lowest BCUT2D eigenvalue weighted by atomic mass is 10.1. The molecule has 0 unspecified atom stereocenters. The number of para-hydroxylation sites is 2. The third-order valence-corrected chi connectivity index (χ3v) is 9.86. The van der Waals surface area contributed by atoms with E-state index in [1.807, 2.05) is 48.0 Å². The fourth-order valence-electron chi connectivity index (χ4n) is 6.59. The van der Waals surface area contributed by atoms with Crippen LogP contribution >= 0.6 is 11.3 Å². The van der Waals surface area contributed by atoms with Gasteiger partial charge in [0.25, 0.3) is 0 Å². The Hall–Kier alpha value is -5.85. The highest BCUT2D eigenvalue weighted by Crippen LogP contribution is 2.39.